The summed E-state index contributed by atoms with van der Waals surface area (Å²) in [7, 11) is 0. The fourth-order valence-corrected chi connectivity index (χ4v) is 3.85. The Labute approximate surface area is 141 Å². The Morgan fingerprint density at radius 2 is 1.50 bits per heavy atom. The molecule has 0 aliphatic heterocycles. The van der Waals surface area contributed by atoms with Crippen LogP contribution in [-0.4, -0.2) is 17.2 Å². The second-order valence-corrected chi connectivity index (χ2v) is 6.02. The molecule has 0 radical (unpaired) electrons. The molecule has 1 aromatic rings. The van der Waals surface area contributed by atoms with Crippen LogP contribution in [0.25, 0.3) is 0 Å². The molecule has 0 bridgehead atoms. The lowest BCUT2D eigenvalue weighted by atomic mass is 10.0. The molecule has 2 nitrogen and oxygen atoms in total. The molecule has 3 N–H and O–H groups in total. The second kappa shape index (κ2) is 6.64. The van der Waals surface area contributed by atoms with Crippen molar-refractivity contribution in [3.63, 3.8) is 0 Å². The minimum Gasteiger partial charge on any atom is -0.506 e. The Balaban J connectivity index is 0.00000361. The average Bonchev–Trinajstić information content (AvgIpc) is 2.24. The number of halogens is 9. The maximum atomic E-state index is 13.2. The van der Waals surface area contributed by atoms with Crippen molar-refractivity contribution >= 4 is 60.2 Å². The fourth-order valence-electron chi connectivity index (χ4n) is 1.24. The molecule has 0 aromatic heterocycles. The maximum absolute atomic E-state index is 13.2. The highest BCUT2D eigenvalue weighted by atomic mass is 79.9. The highest BCUT2D eigenvalue weighted by Crippen LogP contribution is 2.49. The van der Waals surface area contributed by atoms with Gasteiger partial charge in [0.15, 0.2) is 0 Å². The number of nitrogens with two attached hydrogens (primary N) is 1. The summed E-state index contributed by atoms with van der Waals surface area (Å²) in [6.45, 7) is 0. The van der Waals surface area contributed by atoms with E-state index in [-0.39, 0.29) is 25.8 Å². The van der Waals surface area contributed by atoms with Crippen LogP contribution in [0.1, 0.15) is 11.6 Å². The van der Waals surface area contributed by atoms with Gasteiger partial charge in [-0.05, 0) is 37.9 Å². The van der Waals surface area contributed by atoms with Crippen LogP contribution in [0.2, 0.25) is 0 Å². The van der Waals surface area contributed by atoms with Crippen molar-refractivity contribution in [2.45, 2.75) is 18.1 Å². The number of phenolic OH excluding ortho intramolecular Hbond substituents is 1. The number of hydrogen-bond acceptors (Lipinski definition) is 2. The first-order valence-electron chi connectivity index (χ1n) is 4.47. The Kier molecular flexibility index (Phi) is 6.76. The highest BCUT2D eigenvalue weighted by molar-refractivity contribution is 9.11. The van der Waals surface area contributed by atoms with Crippen molar-refractivity contribution in [2.24, 2.45) is 5.73 Å². The molecule has 0 amide bonds. The molecule has 0 saturated carbocycles. The Bertz CT molecular complexity index is 511. The molecule has 1 rings (SSSR count). The summed E-state index contributed by atoms with van der Waals surface area (Å²) in [4.78, 5) is 0. The van der Waals surface area contributed by atoms with E-state index < -0.39 is 29.5 Å². The summed E-state index contributed by atoms with van der Waals surface area (Å²) in [5, 5.41) is 9.53. The van der Waals surface area contributed by atoms with E-state index >= 15 is 0 Å². The Morgan fingerprint density at radius 1 is 1.05 bits per heavy atom. The third-order valence-corrected chi connectivity index (χ3v) is 4.32. The van der Waals surface area contributed by atoms with Crippen LogP contribution in [0.3, 0.4) is 0 Å². The molecule has 0 heterocycles. The van der Waals surface area contributed by atoms with Gasteiger partial charge in [-0.3, -0.25) is 0 Å². The molecule has 1 atom stereocenters. The third-order valence-electron chi connectivity index (χ3n) is 2.26. The first-order chi connectivity index (χ1) is 8.41. The monoisotopic (exact) mass is 511 g/mol. The van der Waals surface area contributed by atoms with Crippen molar-refractivity contribution in [3.05, 3.63) is 25.0 Å². The third kappa shape index (κ3) is 3.57. The van der Waals surface area contributed by atoms with Crippen LogP contribution in [-0.2, 0) is 0 Å². The van der Waals surface area contributed by atoms with E-state index in [9.17, 15) is 27.1 Å². The van der Waals surface area contributed by atoms with E-state index in [1.54, 1.807) is 0 Å². The van der Waals surface area contributed by atoms with Crippen LogP contribution in [0.15, 0.2) is 19.5 Å². The van der Waals surface area contributed by atoms with Crippen molar-refractivity contribution in [2.75, 3.05) is 0 Å². The van der Waals surface area contributed by atoms with E-state index in [1.807, 2.05) is 0 Å². The van der Waals surface area contributed by atoms with Crippen molar-refractivity contribution in [1.82, 2.24) is 0 Å². The lowest BCUT2D eigenvalue weighted by molar-refractivity contribution is -0.291. The summed E-state index contributed by atoms with van der Waals surface area (Å²) in [6.07, 6.45) is -5.80. The summed E-state index contributed by atoms with van der Waals surface area (Å²) in [6, 6.07) is -1.54. The topological polar surface area (TPSA) is 46.2 Å². The van der Waals surface area contributed by atoms with Crippen LogP contribution >= 0.6 is 60.2 Å². The van der Waals surface area contributed by atoms with Crippen molar-refractivity contribution < 1.29 is 27.1 Å². The summed E-state index contributed by atoms with van der Waals surface area (Å²) >= 11 is 8.50. The number of hydrogen-bond donors (Lipinski definition) is 2. The summed E-state index contributed by atoms with van der Waals surface area (Å²) in [5.41, 5.74) is 4.44. The molecule has 0 spiro atoms. The van der Waals surface area contributed by atoms with Gasteiger partial charge >= 0.3 is 12.1 Å². The predicted octanol–water partition coefficient (Wildman–Crippen LogP) is 5.30. The van der Waals surface area contributed by atoms with E-state index in [0.29, 0.717) is 0 Å². The minimum absolute atomic E-state index is 0. The quantitative estimate of drug-likeness (QED) is 0.527. The lowest BCUT2D eigenvalue weighted by Gasteiger charge is -2.27. The van der Waals surface area contributed by atoms with Crippen molar-refractivity contribution in [1.29, 1.82) is 0 Å². The van der Waals surface area contributed by atoms with Crippen molar-refractivity contribution in [3.8, 4) is 5.75 Å². The fraction of sp³-hybridized carbons (Fsp3) is 0.333. The van der Waals surface area contributed by atoms with E-state index in [0.717, 1.165) is 6.07 Å². The number of alkyl halides is 5. The standard InChI is InChI=1S/C9H5Br3F5NO.ClH/c10-2-1-3(11)6(19)5(12)4(2)7(18)8(13,14)9(15,16)17;/h1,7,19H,18H2;1H/t7-;/m0./s1. The van der Waals surface area contributed by atoms with Gasteiger partial charge in [-0.15, -0.1) is 12.4 Å². The zero-order chi connectivity index (χ0) is 15.2. The minimum atomic E-state index is -5.80. The largest absolute Gasteiger partial charge is 0.506 e. The molecule has 0 unspecified atom stereocenters. The lowest BCUT2D eigenvalue weighted by Crippen LogP contribution is -2.46. The molecular formula is C9H6Br3ClF5NO. The maximum Gasteiger partial charge on any atom is 0.455 e. The molecule has 0 saturated heterocycles. The number of rotatable bonds is 2. The summed E-state index contributed by atoms with van der Waals surface area (Å²) < 4.78 is 62.9. The van der Waals surface area contributed by atoms with E-state index in [4.69, 9.17) is 5.73 Å². The van der Waals surface area contributed by atoms with Crippen LogP contribution < -0.4 is 5.73 Å². The zero-order valence-electron chi connectivity index (χ0n) is 9.11. The highest BCUT2D eigenvalue weighted by Gasteiger charge is 2.62. The van der Waals surface area contributed by atoms with Gasteiger partial charge < -0.3 is 10.8 Å². The smallest absolute Gasteiger partial charge is 0.455 e. The van der Waals surface area contributed by atoms with Crippen LogP contribution in [0.4, 0.5) is 22.0 Å². The first kappa shape index (κ1) is 20.4. The molecular weight excluding hydrogens is 508 g/mol. The number of benzene rings is 1. The van der Waals surface area contributed by atoms with E-state index in [1.165, 1.54) is 0 Å². The van der Waals surface area contributed by atoms with Gasteiger partial charge in [0.05, 0.1) is 8.95 Å². The zero-order valence-corrected chi connectivity index (χ0v) is 14.7. The molecule has 1 aromatic carbocycles. The molecule has 0 fully saturated rings. The van der Waals surface area contributed by atoms with Gasteiger partial charge in [0.1, 0.15) is 11.8 Å². The van der Waals surface area contributed by atoms with Gasteiger partial charge in [-0.1, -0.05) is 15.9 Å². The van der Waals surface area contributed by atoms with Gasteiger partial charge in [0, 0.05) is 10.0 Å². The SMILES string of the molecule is Cl.N[C@@H](c1c(Br)cc(Br)c(O)c1Br)C(F)(F)C(F)(F)F. The normalized spacial score (nSPS) is 13.8. The molecule has 11 heteroatoms. The van der Waals surface area contributed by atoms with Gasteiger partial charge in [-0.25, -0.2) is 0 Å². The van der Waals surface area contributed by atoms with Gasteiger partial charge in [0.2, 0.25) is 0 Å². The molecule has 0 aliphatic rings. The predicted molar refractivity (Wildman–Crippen MR) is 76.4 cm³/mol. The average molecular weight is 514 g/mol. The molecule has 20 heavy (non-hydrogen) atoms. The van der Waals surface area contributed by atoms with Crippen LogP contribution in [0, 0.1) is 0 Å². The van der Waals surface area contributed by atoms with Crippen LogP contribution in [0.5, 0.6) is 5.75 Å². The Morgan fingerprint density at radius 3 is 1.90 bits per heavy atom. The molecule has 116 valence electrons. The molecule has 0 aliphatic carbocycles. The Hall–Kier alpha value is 0.360. The summed E-state index contributed by atoms with van der Waals surface area (Å²) in [5.74, 6) is -5.66. The number of phenols is 1. The van der Waals surface area contributed by atoms with E-state index in [2.05, 4.69) is 47.8 Å². The second-order valence-electron chi connectivity index (χ2n) is 3.51. The first-order valence-corrected chi connectivity index (χ1v) is 6.85. The number of aromatic hydroxyl groups is 1. The van der Waals surface area contributed by atoms with Gasteiger partial charge in [-0.2, -0.15) is 22.0 Å². The van der Waals surface area contributed by atoms with Gasteiger partial charge in [0.25, 0.3) is 0 Å².